The Morgan fingerprint density at radius 3 is 2.36 bits per heavy atom. The van der Waals surface area contributed by atoms with Crippen LogP contribution in [-0.4, -0.2) is 6.71 Å². The van der Waals surface area contributed by atoms with E-state index in [9.17, 15) is 0 Å². The molecule has 2 fully saturated rings. The fourth-order valence-corrected chi connectivity index (χ4v) is 3.72. The summed E-state index contributed by atoms with van der Waals surface area (Å²) in [6.07, 6.45) is 11.8. The van der Waals surface area contributed by atoms with Crippen molar-refractivity contribution in [3.05, 3.63) is 12.2 Å². The molecule has 0 aromatic carbocycles. The molecule has 2 aliphatic rings. The third-order valence-corrected chi connectivity index (χ3v) is 4.46. The van der Waals surface area contributed by atoms with Gasteiger partial charge >= 0.3 is 0 Å². The van der Waals surface area contributed by atoms with Crippen LogP contribution in [0.25, 0.3) is 0 Å². The molecule has 0 amide bonds. The van der Waals surface area contributed by atoms with E-state index in [-0.39, 0.29) is 0 Å². The summed E-state index contributed by atoms with van der Waals surface area (Å²) < 4.78 is 0. The van der Waals surface area contributed by atoms with Crippen molar-refractivity contribution in [2.75, 3.05) is 0 Å². The predicted molar refractivity (Wildman–Crippen MR) is 65.1 cm³/mol. The van der Waals surface area contributed by atoms with Crippen LogP contribution in [0.4, 0.5) is 0 Å². The average molecular weight is 190 g/mol. The van der Waals surface area contributed by atoms with E-state index in [4.69, 9.17) is 0 Å². The molecule has 0 bridgehead atoms. The predicted octanol–water partition coefficient (Wildman–Crippen LogP) is 4.41. The van der Waals surface area contributed by atoms with Crippen LogP contribution in [0.2, 0.25) is 18.5 Å². The van der Waals surface area contributed by atoms with E-state index in [0.29, 0.717) is 0 Å². The van der Waals surface area contributed by atoms with E-state index in [0.717, 1.165) is 18.4 Å². The van der Waals surface area contributed by atoms with Crippen molar-refractivity contribution in [1.82, 2.24) is 0 Å². The number of hydrogen-bond donors (Lipinski definition) is 0. The molecule has 1 aliphatic heterocycles. The summed E-state index contributed by atoms with van der Waals surface area (Å²) in [6.45, 7) is 7.50. The molecule has 1 aliphatic carbocycles. The lowest BCUT2D eigenvalue weighted by molar-refractivity contribution is 0.397. The van der Waals surface area contributed by atoms with Gasteiger partial charge in [-0.1, -0.05) is 62.7 Å². The Labute approximate surface area is 89.2 Å². The standard InChI is InChI=1S/C13H23B/c1-11(2)12-7-3-4-8-13(12)14-9-5-6-10-14/h12-13H,1,3-10H2,2H3/t12-,13-/m0/s1. The van der Waals surface area contributed by atoms with Crippen molar-refractivity contribution in [2.24, 2.45) is 5.92 Å². The Balaban J connectivity index is 2.01. The van der Waals surface area contributed by atoms with Crippen LogP contribution in [0.1, 0.15) is 45.4 Å². The van der Waals surface area contributed by atoms with E-state index in [1.807, 2.05) is 0 Å². The normalized spacial score (nSPS) is 33.4. The second-order valence-corrected chi connectivity index (χ2v) is 5.45. The summed E-state index contributed by atoms with van der Waals surface area (Å²) in [6, 6.07) is 0. The van der Waals surface area contributed by atoms with Crippen LogP contribution >= 0.6 is 0 Å². The highest BCUT2D eigenvalue weighted by Crippen LogP contribution is 2.44. The van der Waals surface area contributed by atoms with Gasteiger partial charge in [0.1, 0.15) is 6.71 Å². The maximum absolute atomic E-state index is 4.20. The van der Waals surface area contributed by atoms with Gasteiger partial charge in [-0.15, -0.1) is 0 Å². The molecule has 0 spiro atoms. The highest BCUT2D eigenvalue weighted by atomic mass is 14.3. The molecule has 1 heteroatoms. The largest absolute Gasteiger partial charge is 0.143 e. The van der Waals surface area contributed by atoms with Gasteiger partial charge < -0.3 is 0 Å². The Kier molecular flexibility index (Phi) is 3.36. The zero-order valence-corrected chi connectivity index (χ0v) is 9.60. The van der Waals surface area contributed by atoms with Gasteiger partial charge in [0, 0.05) is 0 Å². The molecule has 14 heavy (non-hydrogen) atoms. The topological polar surface area (TPSA) is 0 Å². The van der Waals surface area contributed by atoms with E-state index < -0.39 is 0 Å². The second kappa shape index (κ2) is 4.55. The van der Waals surface area contributed by atoms with Crippen molar-refractivity contribution in [2.45, 2.75) is 63.9 Å². The number of allylic oxidation sites excluding steroid dienone is 1. The van der Waals surface area contributed by atoms with Gasteiger partial charge in [-0.25, -0.2) is 0 Å². The molecule has 0 aromatic rings. The van der Waals surface area contributed by atoms with E-state index in [2.05, 4.69) is 13.5 Å². The summed E-state index contributed by atoms with van der Waals surface area (Å²) in [5.74, 6) is 1.87. The molecular formula is C13H23B. The van der Waals surface area contributed by atoms with Crippen molar-refractivity contribution in [1.29, 1.82) is 0 Å². The molecule has 0 unspecified atom stereocenters. The second-order valence-electron chi connectivity index (χ2n) is 5.45. The van der Waals surface area contributed by atoms with Crippen LogP contribution in [0.15, 0.2) is 12.2 Å². The van der Waals surface area contributed by atoms with Crippen LogP contribution in [-0.2, 0) is 0 Å². The minimum Gasteiger partial charge on any atom is -0.0999 e. The summed E-state index contributed by atoms with van der Waals surface area (Å²) in [5, 5.41) is 0. The SMILES string of the molecule is C=C(C)[C@@H]1CCCC[C@@H]1B1CCCC1. The molecule has 1 heterocycles. The fourth-order valence-electron chi connectivity index (χ4n) is 3.72. The highest BCUT2D eigenvalue weighted by molar-refractivity contribution is 6.61. The molecule has 2 rings (SSSR count). The summed E-state index contributed by atoms with van der Waals surface area (Å²) in [7, 11) is 0. The van der Waals surface area contributed by atoms with Gasteiger partial charge in [0.2, 0.25) is 0 Å². The smallest absolute Gasteiger partial charge is 0.0999 e. The molecule has 0 N–H and O–H groups in total. The molecule has 78 valence electrons. The molecule has 1 saturated carbocycles. The number of rotatable bonds is 2. The van der Waals surface area contributed by atoms with Crippen molar-refractivity contribution < 1.29 is 0 Å². The molecule has 1 saturated heterocycles. The van der Waals surface area contributed by atoms with Crippen LogP contribution in [0, 0.1) is 5.92 Å². The Bertz CT molecular complexity index is 203. The summed E-state index contributed by atoms with van der Waals surface area (Å²) >= 11 is 0. The van der Waals surface area contributed by atoms with E-state index in [1.165, 1.54) is 56.7 Å². The minimum absolute atomic E-state index is 0.867. The maximum atomic E-state index is 4.20. The molecule has 0 radical (unpaired) electrons. The van der Waals surface area contributed by atoms with Crippen LogP contribution in [0.3, 0.4) is 0 Å². The monoisotopic (exact) mass is 190 g/mol. The van der Waals surface area contributed by atoms with E-state index >= 15 is 0 Å². The van der Waals surface area contributed by atoms with Crippen LogP contribution in [0.5, 0.6) is 0 Å². The first kappa shape index (κ1) is 10.3. The Hall–Kier alpha value is -0.195. The molecule has 0 nitrogen and oxygen atoms in total. The first-order valence-corrected chi connectivity index (χ1v) is 6.44. The molecule has 0 aromatic heterocycles. The fraction of sp³-hybridized carbons (Fsp3) is 0.846. The van der Waals surface area contributed by atoms with Gasteiger partial charge in [-0.3, -0.25) is 0 Å². The van der Waals surface area contributed by atoms with Crippen molar-refractivity contribution >= 4 is 6.71 Å². The number of hydrogen-bond acceptors (Lipinski definition) is 0. The quantitative estimate of drug-likeness (QED) is 0.446. The van der Waals surface area contributed by atoms with Gasteiger partial charge in [0.15, 0.2) is 0 Å². The van der Waals surface area contributed by atoms with Gasteiger partial charge in [-0.05, 0) is 19.3 Å². The molecule has 2 atom stereocenters. The van der Waals surface area contributed by atoms with E-state index in [1.54, 1.807) is 0 Å². The summed E-state index contributed by atoms with van der Waals surface area (Å²) in [4.78, 5) is 0. The lowest BCUT2D eigenvalue weighted by atomic mass is 9.35. The van der Waals surface area contributed by atoms with Gasteiger partial charge in [0.05, 0.1) is 0 Å². The summed E-state index contributed by atoms with van der Waals surface area (Å²) in [5.41, 5.74) is 1.46. The van der Waals surface area contributed by atoms with Crippen LogP contribution < -0.4 is 0 Å². The molecular weight excluding hydrogens is 167 g/mol. The first-order chi connectivity index (χ1) is 6.79. The lowest BCUT2D eigenvalue weighted by Gasteiger charge is -2.35. The zero-order valence-electron chi connectivity index (χ0n) is 9.60. The maximum Gasteiger partial charge on any atom is 0.143 e. The highest BCUT2D eigenvalue weighted by Gasteiger charge is 2.35. The third-order valence-electron chi connectivity index (χ3n) is 4.46. The Morgan fingerprint density at radius 2 is 1.71 bits per heavy atom. The first-order valence-electron chi connectivity index (χ1n) is 6.44. The third kappa shape index (κ3) is 2.07. The zero-order chi connectivity index (χ0) is 9.97. The van der Waals surface area contributed by atoms with Crippen molar-refractivity contribution in [3.8, 4) is 0 Å². The van der Waals surface area contributed by atoms with Crippen molar-refractivity contribution in [3.63, 3.8) is 0 Å². The lowest BCUT2D eigenvalue weighted by Crippen LogP contribution is -2.27. The minimum atomic E-state index is 0.867. The van der Waals surface area contributed by atoms with Gasteiger partial charge in [-0.2, -0.15) is 0 Å². The Morgan fingerprint density at radius 1 is 1.07 bits per heavy atom. The average Bonchev–Trinajstić information content (AvgIpc) is 2.70. The van der Waals surface area contributed by atoms with Gasteiger partial charge in [0.25, 0.3) is 0 Å².